The Morgan fingerprint density at radius 2 is 1.71 bits per heavy atom. The minimum Gasteiger partial charge on any atom is -0.420 e. The van der Waals surface area contributed by atoms with Gasteiger partial charge in [-0.1, -0.05) is 56.8 Å². The van der Waals surface area contributed by atoms with Crippen LogP contribution >= 0.6 is 0 Å². The molecule has 0 aromatic heterocycles. The van der Waals surface area contributed by atoms with Crippen LogP contribution in [0.4, 0.5) is 0 Å². The van der Waals surface area contributed by atoms with Gasteiger partial charge in [0.1, 0.15) is 0 Å². The quantitative estimate of drug-likeness (QED) is 0.551. The first kappa shape index (κ1) is 21.9. The third-order valence-electron chi connectivity index (χ3n) is 6.94. The fourth-order valence-electron chi connectivity index (χ4n) is 5.03. The molecule has 0 unspecified atom stereocenters. The zero-order valence-corrected chi connectivity index (χ0v) is 19.2. The van der Waals surface area contributed by atoms with Gasteiger partial charge in [-0.25, -0.2) is 4.99 Å². The molecule has 0 aromatic carbocycles. The summed E-state index contributed by atoms with van der Waals surface area (Å²) in [5, 5.41) is 0. The van der Waals surface area contributed by atoms with Crippen molar-refractivity contribution < 1.29 is 9.53 Å². The van der Waals surface area contributed by atoms with E-state index in [0.717, 1.165) is 38.5 Å². The van der Waals surface area contributed by atoms with Crippen LogP contribution in [0.2, 0.25) is 0 Å². The molecule has 0 bridgehead atoms. The smallest absolute Gasteiger partial charge is 0.300 e. The van der Waals surface area contributed by atoms with Gasteiger partial charge in [-0.15, -0.1) is 0 Å². The lowest BCUT2D eigenvalue weighted by atomic mass is 9.94. The summed E-state index contributed by atoms with van der Waals surface area (Å²) in [4.78, 5) is 22.2. The maximum atomic E-state index is 13.2. The first-order valence-electron chi connectivity index (χ1n) is 12.2. The van der Waals surface area contributed by atoms with Gasteiger partial charge in [0, 0.05) is 25.8 Å². The summed E-state index contributed by atoms with van der Waals surface area (Å²) in [6.07, 6.45) is 24.0. The highest BCUT2D eigenvalue weighted by atomic mass is 16.5. The number of hydrogen-bond acceptors (Lipinski definition) is 4. The SMILES string of the molecule is CN(C)C1=CC=C(/C=C/C=C2\OC(=NC3CCCCC3)N(C3CCCCC3)C2=O)CC1. The zero-order valence-electron chi connectivity index (χ0n) is 19.2. The summed E-state index contributed by atoms with van der Waals surface area (Å²) in [7, 11) is 4.16. The van der Waals surface area contributed by atoms with E-state index < -0.39 is 0 Å². The number of nitrogens with zero attached hydrogens (tertiary/aromatic N) is 3. The maximum Gasteiger partial charge on any atom is 0.300 e. The Labute approximate surface area is 187 Å². The van der Waals surface area contributed by atoms with Crippen LogP contribution in [-0.2, 0) is 9.53 Å². The van der Waals surface area contributed by atoms with E-state index in [2.05, 4.69) is 37.2 Å². The number of hydrogen-bond donors (Lipinski definition) is 0. The standard InChI is InChI=1S/C26H37N3O2/c1-28(2)22-18-16-20(17-19-22)10-9-15-24-25(30)29(23-13-7-4-8-14-23)26(31-24)27-21-11-5-3-6-12-21/h9-10,15-16,18,21,23H,3-8,11-14,17,19H2,1-2H3/b10-9+,24-15-,27-26?. The van der Waals surface area contributed by atoms with Crippen LogP contribution in [0.25, 0.3) is 0 Å². The van der Waals surface area contributed by atoms with E-state index in [4.69, 9.17) is 9.73 Å². The van der Waals surface area contributed by atoms with E-state index in [0.29, 0.717) is 17.8 Å². The summed E-state index contributed by atoms with van der Waals surface area (Å²) in [5.74, 6) is 0.399. The van der Waals surface area contributed by atoms with Crippen LogP contribution in [-0.4, -0.2) is 47.9 Å². The Morgan fingerprint density at radius 1 is 1.00 bits per heavy atom. The average molecular weight is 424 g/mol. The van der Waals surface area contributed by atoms with Crippen molar-refractivity contribution >= 4 is 11.9 Å². The predicted octanol–water partition coefficient (Wildman–Crippen LogP) is 5.47. The van der Waals surface area contributed by atoms with Gasteiger partial charge in [-0.2, -0.15) is 0 Å². The second kappa shape index (κ2) is 10.3. The Morgan fingerprint density at radius 3 is 2.35 bits per heavy atom. The largest absolute Gasteiger partial charge is 0.420 e. The summed E-state index contributed by atoms with van der Waals surface area (Å²) in [5.41, 5.74) is 2.62. The van der Waals surface area contributed by atoms with Crippen molar-refractivity contribution in [1.82, 2.24) is 9.80 Å². The van der Waals surface area contributed by atoms with Gasteiger partial charge in [-0.3, -0.25) is 9.69 Å². The summed E-state index contributed by atoms with van der Waals surface area (Å²) >= 11 is 0. The fourth-order valence-corrected chi connectivity index (χ4v) is 5.03. The Hall–Kier alpha value is -2.30. The Bertz CT molecular complexity index is 807. The number of carbonyl (C=O) groups is 1. The molecule has 168 valence electrons. The summed E-state index contributed by atoms with van der Waals surface area (Å²) in [6, 6.07) is 1.08. The second-order valence-electron chi connectivity index (χ2n) is 9.46. The van der Waals surface area contributed by atoms with E-state index in [1.165, 1.54) is 49.8 Å². The normalized spacial score (nSPS) is 26.5. The third kappa shape index (κ3) is 5.50. The highest BCUT2D eigenvalue weighted by Crippen LogP contribution is 2.30. The monoisotopic (exact) mass is 423 g/mol. The summed E-state index contributed by atoms with van der Waals surface area (Å²) in [6.45, 7) is 0. The van der Waals surface area contributed by atoms with Gasteiger partial charge in [0.25, 0.3) is 5.91 Å². The van der Waals surface area contributed by atoms with Gasteiger partial charge in [0.2, 0.25) is 0 Å². The Kier molecular flexibility index (Phi) is 7.31. The van der Waals surface area contributed by atoms with Crippen molar-refractivity contribution in [3.63, 3.8) is 0 Å². The van der Waals surface area contributed by atoms with Gasteiger partial charge in [0.15, 0.2) is 5.76 Å². The van der Waals surface area contributed by atoms with Crippen LogP contribution in [0.5, 0.6) is 0 Å². The highest BCUT2D eigenvalue weighted by molar-refractivity contribution is 6.09. The number of aliphatic imine (C=N–C) groups is 1. The van der Waals surface area contributed by atoms with Gasteiger partial charge in [0.05, 0.1) is 6.04 Å². The first-order chi connectivity index (χ1) is 15.1. The van der Waals surface area contributed by atoms with Crippen LogP contribution < -0.4 is 0 Å². The molecule has 3 fully saturated rings. The molecule has 0 atom stereocenters. The van der Waals surface area contributed by atoms with Crippen molar-refractivity contribution in [3.8, 4) is 0 Å². The molecule has 4 rings (SSSR count). The lowest BCUT2D eigenvalue weighted by Gasteiger charge is -2.29. The van der Waals surface area contributed by atoms with Crippen molar-refractivity contribution in [2.45, 2.75) is 89.1 Å². The van der Waals surface area contributed by atoms with Crippen molar-refractivity contribution in [3.05, 3.63) is 47.4 Å². The fraction of sp³-hybridized carbons (Fsp3) is 0.615. The Balaban J connectivity index is 1.50. The van der Waals surface area contributed by atoms with Crippen LogP contribution in [0.3, 0.4) is 0 Å². The molecule has 3 aliphatic carbocycles. The molecule has 1 heterocycles. The van der Waals surface area contributed by atoms with Crippen LogP contribution in [0, 0.1) is 0 Å². The molecule has 0 N–H and O–H groups in total. The van der Waals surface area contributed by atoms with E-state index in [9.17, 15) is 4.79 Å². The molecule has 0 aromatic rings. The molecule has 0 spiro atoms. The molecule has 5 heteroatoms. The molecule has 1 amide bonds. The maximum absolute atomic E-state index is 13.2. The van der Waals surface area contributed by atoms with Crippen molar-refractivity contribution in [1.29, 1.82) is 0 Å². The number of ether oxygens (including phenoxy) is 1. The van der Waals surface area contributed by atoms with E-state index >= 15 is 0 Å². The molecule has 0 radical (unpaired) electrons. The number of amides is 1. The average Bonchev–Trinajstić information content (AvgIpc) is 3.10. The molecular weight excluding hydrogens is 386 g/mol. The lowest BCUT2D eigenvalue weighted by molar-refractivity contribution is -0.124. The van der Waals surface area contributed by atoms with Crippen LogP contribution in [0.1, 0.15) is 77.0 Å². The minimum atomic E-state index is -0.0153. The highest BCUT2D eigenvalue weighted by Gasteiger charge is 2.40. The molecule has 1 aliphatic heterocycles. The second-order valence-corrected chi connectivity index (χ2v) is 9.46. The molecule has 5 nitrogen and oxygen atoms in total. The lowest BCUT2D eigenvalue weighted by Crippen LogP contribution is -2.41. The van der Waals surface area contributed by atoms with Gasteiger partial charge in [-0.05, 0) is 56.3 Å². The number of rotatable bonds is 5. The molecular formula is C26H37N3O2. The molecule has 31 heavy (non-hydrogen) atoms. The minimum absolute atomic E-state index is 0.0153. The van der Waals surface area contributed by atoms with Gasteiger partial charge >= 0.3 is 6.02 Å². The zero-order chi connectivity index (χ0) is 21.6. The number of carbonyl (C=O) groups excluding carboxylic acids is 1. The third-order valence-corrected chi connectivity index (χ3v) is 6.94. The van der Waals surface area contributed by atoms with E-state index in [1.54, 1.807) is 0 Å². The number of allylic oxidation sites excluding steroid dienone is 7. The van der Waals surface area contributed by atoms with E-state index in [-0.39, 0.29) is 11.9 Å². The molecule has 4 aliphatic rings. The van der Waals surface area contributed by atoms with Gasteiger partial charge < -0.3 is 9.64 Å². The van der Waals surface area contributed by atoms with Crippen molar-refractivity contribution in [2.75, 3.05) is 14.1 Å². The number of amidine groups is 1. The molecule has 1 saturated heterocycles. The molecule has 2 saturated carbocycles. The first-order valence-corrected chi connectivity index (χ1v) is 12.2. The summed E-state index contributed by atoms with van der Waals surface area (Å²) < 4.78 is 6.08. The van der Waals surface area contributed by atoms with Crippen molar-refractivity contribution in [2.24, 2.45) is 4.99 Å². The van der Waals surface area contributed by atoms with Crippen LogP contribution in [0.15, 0.2) is 52.4 Å². The van der Waals surface area contributed by atoms with E-state index in [1.807, 2.05) is 17.1 Å². The topological polar surface area (TPSA) is 45.1 Å². The predicted molar refractivity (Wildman–Crippen MR) is 125 cm³/mol.